The van der Waals surface area contributed by atoms with Crippen LogP contribution >= 0.6 is 8.69 Å². The number of amides is 3. The van der Waals surface area contributed by atoms with Crippen molar-refractivity contribution in [1.82, 2.24) is 20.2 Å². The quantitative estimate of drug-likeness (QED) is 0.0376. The van der Waals surface area contributed by atoms with Gasteiger partial charge in [0.2, 0.25) is 11.6 Å². The number of carbonyl (C=O) groups is 3. The van der Waals surface area contributed by atoms with Gasteiger partial charge in [0, 0.05) is 19.3 Å². The summed E-state index contributed by atoms with van der Waals surface area (Å²) >= 11 is 0. The molecular weight excluding hydrogens is 729 g/mol. The van der Waals surface area contributed by atoms with Crippen LogP contribution in [0.1, 0.15) is 48.6 Å². The standard InChI is InChI=1S/C38H42N7O9P/c46-36(50-24-28-12-4-1-5-13-28)42-32-20-23-45(33-19-18-31(54-33)27-53-55-49)35(41-32)40-22-11-10-21-39-34(43-37(47)51-25-29-14-6-2-7-15-29)44-38(48)52-26-30-16-8-3-9-17-30/h1-9,12-17,20,23,31,33H,10-11,18-19,21-22,24-27H2,(H,40,41,42,46)(H2,39,43,44,47,48)/t31-,33+/m0/s1. The van der Waals surface area contributed by atoms with Crippen LogP contribution in [0, 0.1) is 0 Å². The molecule has 1 fully saturated rings. The molecule has 0 radical (unpaired) electrons. The first-order chi connectivity index (χ1) is 26.9. The number of alkyl carbamates (subject to hydrolysis) is 2. The molecule has 288 valence electrons. The predicted molar refractivity (Wildman–Crippen MR) is 201 cm³/mol. The van der Waals surface area contributed by atoms with Gasteiger partial charge in [-0.15, -0.1) is 0 Å². The number of aromatic nitrogens is 2. The zero-order valence-corrected chi connectivity index (χ0v) is 30.8. The lowest BCUT2D eigenvalue weighted by Gasteiger charge is -2.17. The molecule has 1 aromatic heterocycles. The number of nitrogens with one attached hydrogen (secondary N) is 3. The maximum absolute atomic E-state index is 12.6. The Labute approximate surface area is 319 Å². The fraction of sp³-hybridized carbons (Fsp3) is 0.316. The van der Waals surface area contributed by atoms with Crippen LogP contribution in [0.2, 0.25) is 0 Å². The molecule has 1 saturated heterocycles. The van der Waals surface area contributed by atoms with Gasteiger partial charge < -0.3 is 18.9 Å². The van der Waals surface area contributed by atoms with Crippen LogP contribution < -0.4 is 21.6 Å². The monoisotopic (exact) mass is 771 g/mol. The van der Waals surface area contributed by atoms with Crippen LogP contribution in [0.4, 0.5) is 20.2 Å². The van der Waals surface area contributed by atoms with Crippen LogP contribution in [0.15, 0.2) is 113 Å². The van der Waals surface area contributed by atoms with E-state index in [4.69, 9.17) is 23.5 Å². The highest BCUT2D eigenvalue weighted by atomic mass is 31.1. The molecule has 0 unspecified atom stereocenters. The highest BCUT2D eigenvalue weighted by Crippen LogP contribution is 2.28. The van der Waals surface area contributed by atoms with Crippen molar-refractivity contribution in [2.24, 2.45) is 9.98 Å². The third-order valence-corrected chi connectivity index (χ3v) is 8.21. The van der Waals surface area contributed by atoms with Crippen molar-refractivity contribution in [3.8, 4) is 0 Å². The molecular formula is C38H42N7O9P. The second kappa shape index (κ2) is 22.3. The number of hydrogen-bond donors (Lipinski definition) is 3. The minimum absolute atomic E-state index is 0.0275. The van der Waals surface area contributed by atoms with E-state index >= 15 is 0 Å². The largest absolute Gasteiger partial charge is 0.444 e. The first-order valence-electron chi connectivity index (χ1n) is 17.6. The lowest BCUT2D eigenvalue weighted by Crippen LogP contribution is -2.44. The molecule has 3 N–H and O–H groups in total. The lowest BCUT2D eigenvalue weighted by molar-refractivity contribution is -0.0185. The molecule has 0 saturated carbocycles. The van der Waals surface area contributed by atoms with E-state index in [0.29, 0.717) is 37.8 Å². The first kappa shape index (κ1) is 40.2. The second-order valence-electron chi connectivity index (χ2n) is 12.1. The van der Waals surface area contributed by atoms with Crippen LogP contribution in [-0.4, -0.2) is 59.6 Å². The van der Waals surface area contributed by atoms with Gasteiger partial charge in [0.1, 0.15) is 31.9 Å². The molecule has 4 aromatic rings. The van der Waals surface area contributed by atoms with E-state index in [0.717, 1.165) is 16.7 Å². The third-order valence-electron chi connectivity index (χ3n) is 7.95. The Morgan fingerprint density at radius 3 is 1.85 bits per heavy atom. The normalized spacial score (nSPS) is 15.2. The fourth-order valence-corrected chi connectivity index (χ4v) is 5.47. The minimum atomic E-state index is -0.801. The van der Waals surface area contributed by atoms with Gasteiger partial charge >= 0.3 is 27.0 Å². The highest BCUT2D eigenvalue weighted by molar-refractivity contribution is 7.17. The maximum atomic E-state index is 12.6. The summed E-state index contributed by atoms with van der Waals surface area (Å²) in [5.41, 5.74) is 2.74. The molecule has 2 heterocycles. The molecule has 0 aliphatic carbocycles. The SMILES string of the molecule is O=POC[C@@H]1CC[C@H](n2ccc(NC(=O)OCc3ccccc3)nc2=NCCCCN=C(NC(=O)OCc2ccccc2)NC(=O)OCc2ccccc2)O1. The van der Waals surface area contributed by atoms with Crippen LogP contribution in [0.3, 0.4) is 0 Å². The Morgan fingerprint density at radius 1 is 0.745 bits per heavy atom. The number of nitrogens with zero attached hydrogens (tertiary/aromatic N) is 4. The van der Waals surface area contributed by atoms with E-state index in [-0.39, 0.29) is 50.9 Å². The first-order valence-corrected chi connectivity index (χ1v) is 18.4. The summed E-state index contributed by atoms with van der Waals surface area (Å²) in [5, 5.41) is 7.61. The van der Waals surface area contributed by atoms with E-state index in [2.05, 4.69) is 30.9 Å². The Bertz CT molecular complexity index is 1870. The van der Waals surface area contributed by atoms with Crippen molar-refractivity contribution in [3.05, 3.63) is 126 Å². The number of unbranched alkanes of at least 4 members (excludes halogenated alkanes) is 1. The molecule has 16 nitrogen and oxygen atoms in total. The molecule has 1 aliphatic heterocycles. The van der Waals surface area contributed by atoms with Gasteiger partial charge in [-0.3, -0.25) is 35.0 Å². The topological polar surface area (TPSA) is 193 Å². The third kappa shape index (κ3) is 14.4. The van der Waals surface area contributed by atoms with Crippen molar-refractivity contribution in [3.63, 3.8) is 0 Å². The molecule has 3 amide bonds. The summed E-state index contributed by atoms with van der Waals surface area (Å²) in [7, 11) is -0.415. The molecule has 1 aliphatic rings. The molecule has 0 spiro atoms. The molecule has 2 atom stereocenters. The summed E-state index contributed by atoms with van der Waals surface area (Å²) in [5.74, 6) is 0.111. The number of hydrogen-bond acceptors (Lipinski definition) is 12. The van der Waals surface area contributed by atoms with E-state index in [1.165, 1.54) is 0 Å². The van der Waals surface area contributed by atoms with Crippen molar-refractivity contribution in [2.45, 2.75) is 57.8 Å². The molecule has 5 rings (SSSR count). The number of carbonyl (C=O) groups excluding carboxylic acids is 3. The zero-order chi connectivity index (χ0) is 38.5. The second-order valence-corrected chi connectivity index (χ2v) is 12.5. The van der Waals surface area contributed by atoms with E-state index in [1.54, 1.807) is 16.8 Å². The average molecular weight is 772 g/mol. The predicted octanol–water partition coefficient (Wildman–Crippen LogP) is 6.42. The van der Waals surface area contributed by atoms with E-state index in [1.807, 2.05) is 91.0 Å². The van der Waals surface area contributed by atoms with Crippen LogP contribution in [0.5, 0.6) is 0 Å². The van der Waals surface area contributed by atoms with Gasteiger partial charge in [0.25, 0.3) is 0 Å². The number of guanidine groups is 1. The van der Waals surface area contributed by atoms with Crippen molar-refractivity contribution in [2.75, 3.05) is 25.0 Å². The molecule has 55 heavy (non-hydrogen) atoms. The number of rotatable bonds is 16. The number of ether oxygens (including phenoxy) is 4. The number of benzene rings is 3. The Kier molecular flexibility index (Phi) is 16.3. The van der Waals surface area contributed by atoms with Crippen molar-refractivity contribution in [1.29, 1.82) is 0 Å². The van der Waals surface area contributed by atoms with Gasteiger partial charge in [-0.25, -0.2) is 18.9 Å². The van der Waals surface area contributed by atoms with E-state index in [9.17, 15) is 18.9 Å². The summed E-state index contributed by atoms with van der Waals surface area (Å²) in [6.45, 7) is 0.874. The zero-order valence-electron chi connectivity index (χ0n) is 30.0. The lowest BCUT2D eigenvalue weighted by atomic mass is 10.2. The fourth-order valence-electron chi connectivity index (χ4n) is 5.24. The smallest absolute Gasteiger partial charge is 0.414 e. The minimum Gasteiger partial charge on any atom is -0.444 e. The van der Waals surface area contributed by atoms with Crippen LogP contribution in [0.25, 0.3) is 0 Å². The van der Waals surface area contributed by atoms with Gasteiger partial charge in [-0.2, -0.15) is 4.98 Å². The van der Waals surface area contributed by atoms with Gasteiger partial charge in [-0.1, -0.05) is 91.0 Å². The molecule has 0 bridgehead atoms. The highest BCUT2D eigenvalue weighted by Gasteiger charge is 2.27. The Hall–Kier alpha value is -5.96. The molecule has 3 aromatic carbocycles. The van der Waals surface area contributed by atoms with Crippen LogP contribution in [-0.2, 0) is 47.9 Å². The van der Waals surface area contributed by atoms with Crippen molar-refractivity contribution < 1.29 is 42.4 Å². The van der Waals surface area contributed by atoms with Gasteiger partial charge in [-0.05, 0) is 48.4 Å². The maximum Gasteiger partial charge on any atom is 0.414 e. The van der Waals surface area contributed by atoms with E-state index < -0.39 is 33.2 Å². The summed E-state index contributed by atoms with van der Waals surface area (Å²) in [6.07, 6.45) is 1.18. The summed E-state index contributed by atoms with van der Waals surface area (Å²) in [4.78, 5) is 51.4. The number of anilines is 1. The summed E-state index contributed by atoms with van der Waals surface area (Å²) in [6, 6.07) is 29.3. The van der Waals surface area contributed by atoms with Gasteiger partial charge in [0.15, 0.2) is 0 Å². The van der Waals surface area contributed by atoms with Crippen molar-refractivity contribution >= 4 is 38.7 Å². The van der Waals surface area contributed by atoms with Gasteiger partial charge in [0.05, 0.1) is 12.7 Å². The Balaban J connectivity index is 1.20. The Morgan fingerprint density at radius 2 is 1.29 bits per heavy atom. The summed E-state index contributed by atoms with van der Waals surface area (Å²) < 4.78 is 39.6. The number of aliphatic imine (C=N–C) groups is 1. The average Bonchev–Trinajstić information content (AvgIpc) is 3.69. The molecule has 17 heteroatoms.